The van der Waals surface area contributed by atoms with Crippen LogP contribution in [0.1, 0.15) is 42.9 Å². The third-order valence-electron chi connectivity index (χ3n) is 7.06. The molecule has 0 radical (unpaired) electrons. The van der Waals surface area contributed by atoms with Crippen molar-refractivity contribution in [3.05, 3.63) is 81.5 Å². The summed E-state index contributed by atoms with van der Waals surface area (Å²) in [4.78, 5) is 13.9. The second-order valence-electron chi connectivity index (χ2n) is 9.25. The van der Waals surface area contributed by atoms with Crippen molar-refractivity contribution in [2.75, 3.05) is 38.6 Å². The fraction of sp³-hybridized carbons (Fsp3) is 0.300. The summed E-state index contributed by atoms with van der Waals surface area (Å²) < 4.78 is 23.2. The molecule has 0 aromatic heterocycles. The highest BCUT2D eigenvalue weighted by Crippen LogP contribution is 2.47. The second-order valence-corrected chi connectivity index (χ2v) is 10.1. The van der Waals surface area contributed by atoms with Gasteiger partial charge in [0.1, 0.15) is 0 Å². The van der Waals surface area contributed by atoms with E-state index in [9.17, 15) is 4.79 Å². The minimum Gasteiger partial charge on any atom is -0.493 e. The number of nitrogens with one attached hydrogen (secondary N) is 2. The van der Waals surface area contributed by atoms with E-state index in [1.807, 2.05) is 61.5 Å². The number of Topliss-reactive ketones (excluding diaryl/α,β-unsaturated/α-hetero) is 1. The third kappa shape index (κ3) is 4.80. The van der Waals surface area contributed by atoms with Crippen LogP contribution in [0.3, 0.4) is 0 Å². The first kappa shape index (κ1) is 26.0. The van der Waals surface area contributed by atoms with Crippen LogP contribution < -0.4 is 29.6 Å². The number of ketones is 1. The summed E-state index contributed by atoms with van der Waals surface area (Å²) in [6, 6.07) is 17.5. The van der Waals surface area contributed by atoms with Gasteiger partial charge in [0, 0.05) is 17.7 Å². The van der Waals surface area contributed by atoms with Crippen molar-refractivity contribution in [2.45, 2.75) is 31.7 Å². The number of halogens is 1. The maximum absolute atomic E-state index is 13.9. The van der Waals surface area contributed by atoms with Crippen LogP contribution in [0, 0.1) is 0 Å². The van der Waals surface area contributed by atoms with Gasteiger partial charge < -0.3 is 29.6 Å². The van der Waals surface area contributed by atoms with Crippen LogP contribution in [0.4, 0.5) is 11.4 Å². The minimum absolute atomic E-state index is 0.00128. The number of benzene rings is 3. The van der Waals surface area contributed by atoms with E-state index < -0.39 is 0 Å². The van der Waals surface area contributed by atoms with Gasteiger partial charge in [-0.05, 0) is 82.7 Å². The molecule has 0 fully saturated rings. The smallest absolute Gasteiger partial charge is 0.174 e. The van der Waals surface area contributed by atoms with Crippen LogP contribution in [0.15, 0.2) is 70.3 Å². The quantitative estimate of drug-likeness (QED) is 0.317. The van der Waals surface area contributed by atoms with Gasteiger partial charge in [0.25, 0.3) is 0 Å². The van der Waals surface area contributed by atoms with Gasteiger partial charge in [0.05, 0.1) is 49.8 Å². The molecule has 3 aromatic rings. The normalized spacial score (nSPS) is 18.4. The molecule has 0 amide bonds. The standard InChI is InChI=1S/C30H31BrN2O5/c1-5-38-25-11-10-17(15-26(25)35-2)18-13-23-28(24(34)14-18)29(33-22-9-7-6-8-21(22)32-23)19-12-20(31)30(37-4)27(16-19)36-3/h6-12,15-16,18,29,32-33H,5,13-14H2,1-4H3/t18-,29+/m0/s1. The van der Waals surface area contributed by atoms with Crippen molar-refractivity contribution in [3.63, 3.8) is 0 Å². The zero-order chi connectivity index (χ0) is 26.8. The lowest BCUT2D eigenvalue weighted by Crippen LogP contribution is -2.27. The van der Waals surface area contributed by atoms with E-state index in [1.54, 1.807) is 21.3 Å². The lowest BCUT2D eigenvalue weighted by molar-refractivity contribution is -0.116. The first-order chi connectivity index (χ1) is 18.5. The maximum Gasteiger partial charge on any atom is 0.174 e. The molecule has 2 N–H and O–H groups in total. The molecule has 7 nitrogen and oxygen atoms in total. The number of rotatable bonds is 7. The summed E-state index contributed by atoms with van der Waals surface area (Å²) in [5, 5.41) is 7.21. The molecule has 0 saturated heterocycles. The Morgan fingerprint density at radius 2 is 1.61 bits per heavy atom. The number of methoxy groups -OCH3 is 3. The van der Waals surface area contributed by atoms with Crippen LogP contribution in [-0.2, 0) is 4.79 Å². The van der Waals surface area contributed by atoms with Crippen LogP contribution in [0.5, 0.6) is 23.0 Å². The molecule has 0 bridgehead atoms. The van der Waals surface area contributed by atoms with Gasteiger partial charge in [0.15, 0.2) is 28.8 Å². The second kappa shape index (κ2) is 11.0. The van der Waals surface area contributed by atoms with Gasteiger partial charge in [-0.1, -0.05) is 18.2 Å². The Labute approximate surface area is 231 Å². The van der Waals surface area contributed by atoms with Gasteiger partial charge in [-0.15, -0.1) is 0 Å². The summed E-state index contributed by atoms with van der Waals surface area (Å²) in [6.45, 7) is 2.50. The largest absolute Gasteiger partial charge is 0.493 e. The number of hydrogen-bond acceptors (Lipinski definition) is 7. The number of carbonyl (C=O) groups is 1. The highest BCUT2D eigenvalue weighted by Gasteiger charge is 2.37. The molecule has 1 heterocycles. The average Bonchev–Trinajstić information content (AvgIpc) is 3.10. The zero-order valence-corrected chi connectivity index (χ0v) is 23.5. The number of hydrogen-bond donors (Lipinski definition) is 2. The Bertz CT molecular complexity index is 1400. The third-order valence-corrected chi connectivity index (χ3v) is 7.65. The summed E-state index contributed by atoms with van der Waals surface area (Å²) in [5.41, 5.74) is 5.43. The molecule has 1 aliphatic carbocycles. The molecule has 0 unspecified atom stereocenters. The monoisotopic (exact) mass is 578 g/mol. The molecule has 0 saturated carbocycles. The highest BCUT2D eigenvalue weighted by atomic mass is 79.9. The Hall–Kier alpha value is -3.65. The summed E-state index contributed by atoms with van der Waals surface area (Å²) in [5.74, 6) is 2.66. The van der Waals surface area contributed by atoms with Gasteiger partial charge in [-0.3, -0.25) is 4.79 Å². The van der Waals surface area contributed by atoms with Gasteiger partial charge >= 0.3 is 0 Å². The molecule has 198 valence electrons. The van der Waals surface area contributed by atoms with Gasteiger partial charge in [-0.2, -0.15) is 0 Å². The van der Waals surface area contributed by atoms with E-state index in [4.69, 9.17) is 18.9 Å². The Morgan fingerprint density at radius 3 is 2.32 bits per heavy atom. The predicted molar refractivity (Wildman–Crippen MR) is 152 cm³/mol. The van der Waals surface area contributed by atoms with Crippen LogP contribution in [0.25, 0.3) is 0 Å². The fourth-order valence-electron chi connectivity index (χ4n) is 5.30. The van der Waals surface area contributed by atoms with Crippen LogP contribution >= 0.6 is 15.9 Å². The molecule has 1 aliphatic heterocycles. The lowest BCUT2D eigenvalue weighted by atomic mass is 9.78. The van der Waals surface area contributed by atoms with Crippen molar-refractivity contribution < 1.29 is 23.7 Å². The van der Waals surface area contributed by atoms with Crippen LogP contribution in [-0.4, -0.2) is 33.7 Å². The van der Waals surface area contributed by atoms with Crippen molar-refractivity contribution in [1.29, 1.82) is 0 Å². The first-order valence-corrected chi connectivity index (χ1v) is 13.4. The van der Waals surface area contributed by atoms with E-state index in [0.29, 0.717) is 42.4 Å². The topological polar surface area (TPSA) is 78.1 Å². The van der Waals surface area contributed by atoms with Crippen LogP contribution in [0.2, 0.25) is 0 Å². The number of fused-ring (bicyclic) bond motifs is 1. The number of carbonyl (C=O) groups excluding carboxylic acids is 1. The molecular weight excluding hydrogens is 548 g/mol. The first-order valence-electron chi connectivity index (χ1n) is 12.6. The molecule has 2 atom stereocenters. The molecule has 38 heavy (non-hydrogen) atoms. The van der Waals surface area contributed by atoms with E-state index in [-0.39, 0.29) is 17.7 Å². The minimum atomic E-state index is -0.374. The highest BCUT2D eigenvalue weighted by molar-refractivity contribution is 9.10. The van der Waals surface area contributed by atoms with E-state index in [1.165, 1.54) is 0 Å². The van der Waals surface area contributed by atoms with E-state index in [0.717, 1.165) is 38.2 Å². The molecule has 0 spiro atoms. The van der Waals surface area contributed by atoms with Crippen molar-refractivity contribution >= 4 is 33.1 Å². The van der Waals surface area contributed by atoms with E-state index >= 15 is 0 Å². The number of allylic oxidation sites excluding steroid dienone is 1. The Morgan fingerprint density at radius 1 is 0.868 bits per heavy atom. The number of anilines is 2. The molecule has 2 aliphatic rings. The maximum atomic E-state index is 13.9. The Balaban J connectivity index is 1.59. The summed E-state index contributed by atoms with van der Waals surface area (Å²) in [6.07, 6.45) is 1.07. The van der Waals surface area contributed by atoms with E-state index in [2.05, 4.69) is 26.6 Å². The van der Waals surface area contributed by atoms with Crippen molar-refractivity contribution in [2.24, 2.45) is 0 Å². The zero-order valence-electron chi connectivity index (χ0n) is 21.9. The molecule has 3 aromatic carbocycles. The molecule has 8 heteroatoms. The number of para-hydroxylation sites is 2. The SMILES string of the molecule is CCOc1ccc([C@@H]2CC(=O)C3=C(C2)Nc2ccccc2N[C@@H]3c2cc(Br)c(OC)c(OC)c2)cc1OC. The van der Waals surface area contributed by atoms with Gasteiger partial charge in [-0.25, -0.2) is 0 Å². The summed E-state index contributed by atoms with van der Waals surface area (Å²) in [7, 11) is 4.85. The Kier molecular flexibility index (Phi) is 7.51. The predicted octanol–water partition coefficient (Wildman–Crippen LogP) is 6.85. The fourth-order valence-corrected chi connectivity index (χ4v) is 5.92. The molecule has 5 rings (SSSR count). The summed E-state index contributed by atoms with van der Waals surface area (Å²) >= 11 is 3.62. The van der Waals surface area contributed by atoms with Gasteiger partial charge in [0.2, 0.25) is 0 Å². The molecular formula is C30H31BrN2O5. The lowest BCUT2D eigenvalue weighted by Gasteiger charge is -2.30. The number of ether oxygens (including phenoxy) is 4. The average molecular weight is 579 g/mol. The van der Waals surface area contributed by atoms with Crippen molar-refractivity contribution in [3.8, 4) is 23.0 Å². The van der Waals surface area contributed by atoms with Crippen molar-refractivity contribution in [1.82, 2.24) is 0 Å².